The summed E-state index contributed by atoms with van der Waals surface area (Å²) in [5.41, 5.74) is 0.00539. The van der Waals surface area contributed by atoms with Gasteiger partial charge in [0.25, 0.3) is 0 Å². The van der Waals surface area contributed by atoms with Crippen LogP contribution in [0.3, 0.4) is 0 Å². The number of carboxylic acid groups (broad SMARTS) is 1. The van der Waals surface area contributed by atoms with E-state index in [2.05, 4.69) is 0 Å². The van der Waals surface area contributed by atoms with Crippen molar-refractivity contribution in [3.63, 3.8) is 0 Å². The Labute approximate surface area is 116 Å². The molecule has 0 spiro atoms. The monoisotopic (exact) mass is 275 g/mol. The van der Waals surface area contributed by atoms with Crippen LogP contribution < -0.4 is 10.2 Å². The molecular weight excluding hydrogens is 258 g/mol. The number of aryl methyl sites for hydroxylation is 1. The maximum absolute atomic E-state index is 12.1. The fraction of sp³-hybridized carbons (Fsp3) is 0.333. The molecule has 5 heteroatoms. The Morgan fingerprint density at radius 2 is 2.10 bits per heavy atom. The zero-order chi connectivity index (χ0) is 14.9. The fourth-order valence-electron chi connectivity index (χ4n) is 2.13. The highest BCUT2D eigenvalue weighted by molar-refractivity contribution is 5.92. The number of rotatable bonds is 4. The topological polar surface area (TPSA) is 68.5 Å². The highest BCUT2D eigenvalue weighted by atomic mass is 16.5. The summed E-state index contributed by atoms with van der Waals surface area (Å²) in [5.74, 6) is -0.543. The Hall–Kier alpha value is -2.30. The Balaban J connectivity index is 2.73. The standard InChI is InChI=1S/C15H17NO4/c1-4-16-8-12(15(18)19)14(17)11-6-5-10(7-13(11)16)20-9(2)3/h5-9H,4H2,1-3H3,(H,18,19). The van der Waals surface area contributed by atoms with Crippen molar-refractivity contribution >= 4 is 16.9 Å². The molecule has 0 fully saturated rings. The average Bonchev–Trinajstić information content (AvgIpc) is 2.38. The first-order valence-electron chi connectivity index (χ1n) is 6.51. The molecule has 0 amide bonds. The lowest BCUT2D eigenvalue weighted by atomic mass is 10.1. The molecule has 1 aromatic heterocycles. The quantitative estimate of drug-likeness (QED) is 0.930. The number of hydrogen-bond donors (Lipinski definition) is 1. The molecule has 0 saturated carbocycles. The third-order valence-corrected chi connectivity index (χ3v) is 3.00. The van der Waals surface area contributed by atoms with Gasteiger partial charge in [0.1, 0.15) is 11.3 Å². The first-order chi connectivity index (χ1) is 9.43. The van der Waals surface area contributed by atoms with Gasteiger partial charge in [-0.3, -0.25) is 4.79 Å². The zero-order valence-corrected chi connectivity index (χ0v) is 11.7. The van der Waals surface area contributed by atoms with Crippen molar-refractivity contribution in [1.82, 2.24) is 4.57 Å². The summed E-state index contributed by atoms with van der Waals surface area (Å²) < 4.78 is 7.35. The van der Waals surface area contributed by atoms with E-state index in [1.165, 1.54) is 6.20 Å². The summed E-state index contributed by atoms with van der Waals surface area (Å²) in [7, 11) is 0. The zero-order valence-electron chi connectivity index (χ0n) is 11.7. The third-order valence-electron chi connectivity index (χ3n) is 3.00. The second kappa shape index (κ2) is 5.36. The lowest BCUT2D eigenvalue weighted by Crippen LogP contribution is -2.18. The number of aromatic nitrogens is 1. The van der Waals surface area contributed by atoms with Crippen molar-refractivity contribution in [3.8, 4) is 5.75 Å². The third kappa shape index (κ3) is 2.52. The molecule has 1 aromatic carbocycles. The molecule has 0 radical (unpaired) electrons. The second-order valence-corrected chi connectivity index (χ2v) is 4.81. The maximum atomic E-state index is 12.1. The van der Waals surface area contributed by atoms with Gasteiger partial charge in [0, 0.05) is 24.2 Å². The minimum atomic E-state index is -1.21. The van der Waals surface area contributed by atoms with Gasteiger partial charge in [0.05, 0.1) is 11.6 Å². The van der Waals surface area contributed by atoms with E-state index in [9.17, 15) is 9.59 Å². The molecule has 106 valence electrons. The number of pyridine rings is 1. The van der Waals surface area contributed by atoms with Crippen LogP contribution in [-0.4, -0.2) is 21.7 Å². The normalized spacial score (nSPS) is 11.0. The van der Waals surface area contributed by atoms with Gasteiger partial charge in [0.15, 0.2) is 0 Å². The van der Waals surface area contributed by atoms with Crippen molar-refractivity contribution in [1.29, 1.82) is 0 Å². The number of hydrogen-bond acceptors (Lipinski definition) is 3. The summed E-state index contributed by atoms with van der Waals surface area (Å²) in [5, 5.41) is 9.47. The summed E-state index contributed by atoms with van der Waals surface area (Å²) in [6.07, 6.45) is 1.42. The molecule has 0 aliphatic rings. The number of aromatic carboxylic acids is 1. The predicted octanol–water partition coefficient (Wildman–Crippen LogP) is 2.51. The largest absolute Gasteiger partial charge is 0.491 e. The van der Waals surface area contributed by atoms with Crippen molar-refractivity contribution in [2.24, 2.45) is 0 Å². The predicted molar refractivity (Wildman–Crippen MR) is 76.6 cm³/mol. The minimum Gasteiger partial charge on any atom is -0.491 e. The van der Waals surface area contributed by atoms with Gasteiger partial charge in [0.2, 0.25) is 5.43 Å². The molecule has 0 bridgehead atoms. The summed E-state index contributed by atoms with van der Waals surface area (Å²) in [4.78, 5) is 23.2. The van der Waals surface area contributed by atoms with Crippen LogP contribution in [0.25, 0.3) is 10.9 Å². The van der Waals surface area contributed by atoms with E-state index in [1.807, 2.05) is 20.8 Å². The van der Waals surface area contributed by atoms with E-state index in [1.54, 1.807) is 22.8 Å². The van der Waals surface area contributed by atoms with Gasteiger partial charge in [-0.2, -0.15) is 0 Å². The van der Waals surface area contributed by atoms with Crippen LogP contribution in [0, 0.1) is 0 Å². The van der Waals surface area contributed by atoms with E-state index >= 15 is 0 Å². The molecule has 0 aliphatic carbocycles. The first-order valence-corrected chi connectivity index (χ1v) is 6.51. The molecule has 0 unspecified atom stereocenters. The van der Waals surface area contributed by atoms with Crippen molar-refractivity contribution < 1.29 is 14.6 Å². The van der Waals surface area contributed by atoms with Crippen molar-refractivity contribution in [3.05, 3.63) is 40.2 Å². The smallest absolute Gasteiger partial charge is 0.341 e. The maximum Gasteiger partial charge on any atom is 0.341 e. The summed E-state index contributed by atoms with van der Waals surface area (Å²) >= 11 is 0. The molecule has 2 aromatic rings. The Kier molecular flexibility index (Phi) is 3.79. The average molecular weight is 275 g/mol. The molecule has 0 atom stereocenters. The molecule has 0 saturated heterocycles. The number of carbonyl (C=O) groups is 1. The Bertz CT molecular complexity index is 716. The van der Waals surface area contributed by atoms with Crippen LogP contribution in [0.1, 0.15) is 31.1 Å². The van der Waals surface area contributed by atoms with Crippen LogP contribution in [-0.2, 0) is 6.54 Å². The van der Waals surface area contributed by atoms with E-state index in [0.29, 0.717) is 23.2 Å². The Morgan fingerprint density at radius 3 is 2.65 bits per heavy atom. The summed E-state index contributed by atoms with van der Waals surface area (Å²) in [6, 6.07) is 5.08. The van der Waals surface area contributed by atoms with Crippen LogP contribution in [0.15, 0.2) is 29.2 Å². The van der Waals surface area contributed by atoms with E-state index < -0.39 is 11.4 Å². The number of benzene rings is 1. The molecule has 2 rings (SSSR count). The molecular formula is C15H17NO4. The van der Waals surface area contributed by atoms with Gasteiger partial charge in [-0.25, -0.2) is 4.79 Å². The van der Waals surface area contributed by atoms with E-state index in [-0.39, 0.29) is 11.7 Å². The lowest BCUT2D eigenvalue weighted by Gasteiger charge is -2.13. The van der Waals surface area contributed by atoms with Crippen LogP contribution in [0.4, 0.5) is 0 Å². The van der Waals surface area contributed by atoms with Crippen molar-refractivity contribution in [2.45, 2.75) is 33.4 Å². The SMILES string of the molecule is CCn1cc(C(=O)O)c(=O)c2ccc(OC(C)C)cc21. The highest BCUT2D eigenvalue weighted by Gasteiger charge is 2.14. The second-order valence-electron chi connectivity index (χ2n) is 4.81. The van der Waals surface area contributed by atoms with Gasteiger partial charge in [-0.1, -0.05) is 0 Å². The molecule has 0 aliphatic heterocycles. The molecule has 1 heterocycles. The van der Waals surface area contributed by atoms with Gasteiger partial charge in [-0.15, -0.1) is 0 Å². The molecule has 1 N–H and O–H groups in total. The molecule has 20 heavy (non-hydrogen) atoms. The van der Waals surface area contributed by atoms with Gasteiger partial charge in [-0.05, 0) is 32.9 Å². The van der Waals surface area contributed by atoms with Crippen LogP contribution >= 0.6 is 0 Å². The number of nitrogens with zero attached hydrogens (tertiary/aromatic N) is 1. The minimum absolute atomic E-state index is 0.0348. The summed E-state index contributed by atoms with van der Waals surface area (Å²) in [6.45, 7) is 6.31. The lowest BCUT2D eigenvalue weighted by molar-refractivity contribution is 0.0695. The van der Waals surface area contributed by atoms with Gasteiger partial charge < -0.3 is 14.4 Å². The van der Waals surface area contributed by atoms with E-state index in [0.717, 1.165) is 0 Å². The number of carboxylic acids is 1. The number of fused-ring (bicyclic) bond motifs is 1. The van der Waals surface area contributed by atoms with Gasteiger partial charge >= 0.3 is 5.97 Å². The fourth-order valence-corrected chi connectivity index (χ4v) is 2.13. The number of ether oxygens (including phenoxy) is 1. The first kappa shape index (κ1) is 14.1. The van der Waals surface area contributed by atoms with E-state index in [4.69, 9.17) is 9.84 Å². The Morgan fingerprint density at radius 1 is 1.40 bits per heavy atom. The van der Waals surface area contributed by atoms with Crippen LogP contribution in [0.5, 0.6) is 5.75 Å². The highest BCUT2D eigenvalue weighted by Crippen LogP contribution is 2.20. The van der Waals surface area contributed by atoms with Crippen molar-refractivity contribution in [2.75, 3.05) is 0 Å². The van der Waals surface area contributed by atoms with Crippen LogP contribution in [0.2, 0.25) is 0 Å². The molecule has 5 nitrogen and oxygen atoms in total.